The van der Waals surface area contributed by atoms with Crippen LogP contribution in [0.4, 0.5) is 11.4 Å². The van der Waals surface area contributed by atoms with Crippen molar-refractivity contribution in [1.29, 1.82) is 0 Å². The number of nitrogens with zero attached hydrogens (tertiary/aromatic N) is 1. The number of hydrogen-bond acceptors (Lipinski definition) is 5. The molecule has 0 aromatic heterocycles. The van der Waals surface area contributed by atoms with Gasteiger partial charge in [0.25, 0.3) is 10.2 Å². The van der Waals surface area contributed by atoms with E-state index in [1.54, 1.807) is 19.9 Å². The Labute approximate surface area is 143 Å². The highest BCUT2D eigenvalue weighted by Crippen LogP contribution is 2.35. The van der Waals surface area contributed by atoms with Gasteiger partial charge in [-0.05, 0) is 38.8 Å². The predicted octanol–water partition coefficient (Wildman–Crippen LogP) is 1.28. The number of rotatable bonds is 6. The van der Waals surface area contributed by atoms with Crippen molar-refractivity contribution in [3.8, 4) is 5.75 Å². The van der Waals surface area contributed by atoms with E-state index in [2.05, 4.69) is 9.44 Å². The number of nitrogens with one attached hydrogen (secondary N) is 2. The molecule has 0 spiro atoms. The molecule has 2 rings (SSSR count). The summed E-state index contributed by atoms with van der Waals surface area (Å²) in [6.07, 6.45) is 1.41. The van der Waals surface area contributed by atoms with E-state index in [0.29, 0.717) is 24.4 Å². The average Bonchev–Trinajstić information content (AvgIpc) is 2.45. The van der Waals surface area contributed by atoms with Gasteiger partial charge in [0, 0.05) is 18.7 Å². The Hall–Kier alpha value is -1.52. The number of anilines is 2. The minimum absolute atomic E-state index is 0.100. The summed E-state index contributed by atoms with van der Waals surface area (Å²) in [4.78, 5) is 0. The Morgan fingerprint density at radius 2 is 1.96 bits per heavy atom. The van der Waals surface area contributed by atoms with Gasteiger partial charge in [0.2, 0.25) is 10.0 Å². The lowest BCUT2D eigenvalue weighted by Crippen LogP contribution is -2.38. The highest BCUT2D eigenvalue weighted by atomic mass is 32.2. The van der Waals surface area contributed by atoms with E-state index in [0.717, 1.165) is 6.42 Å². The summed E-state index contributed by atoms with van der Waals surface area (Å²) in [6.45, 7) is 3.81. The maximum Gasteiger partial charge on any atom is 0.299 e. The molecule has 10 heteroatoms. The van der Waals surface area contributed by atoms with Crippen LogP contribution in [-0.2, 0) is 20.2 Å². The van der Waals surface area contributed by atoms with Crippen LogP contribution >= 0.6 is 0 Å². The fourth-order valence-electron chi connectivity index (χ4n) is 2.50. The second kappa shape index (κ2) is 7.16. The molecule has 1 aliphatic rings. The number of hydrogen-bond donors (Lipinski definition) is 2. The Morgan fingerprint density at radius 3 is 2.54 bits per heavy atom. The van der Waals surface area contributed by atoms with E-state index >= 15 is 0 Å². The van der Waals surface area contributed by atoms with Gasteiger partial charge in [0.1, 0.15) is 5.75 Å². The molecule has 1 heterocycles. The second-order valence-electron chi connectivity index (χ2n) is 5.86. The van der Waals surface area contributed by atoms with Crippen LogP contribution in [0.1, 0.15) is 26.7 Å². The van der Waals surface area contributed by atoms with Crippen LogP contribution in [-0.4, -0.2) is 42.3 Å². The van der Waals surface area contributed by atoms with Crippen LogP contribution in [0.2, 0.25) is 0 Å². The molecule has 0 saturated carbocycles. The molecule has 0 radical (unpaired) electrons. The second-order valence-corrected chi connectivity index (χ2v) is 9.32. The summed E-state index contributed by atoms with van der Waals surface area (Å²) in [7, 11) is -5.66. The lowest BCUT2D eigenvalue weighted by molar-refractivity contribution is 0.415. The van der Waals surface area contributed by atoms with Gasteiger partial charge < -0.3 is 4.74 Å². The number of benzene rings is 1. The van der Waals surface area contributed by atoms with E-state index < -0.39 is 20.2 Å². The van der Waals surface area contributed by atoms with Crippen LogP contribution in [0, 0.1) is 0 Å². The smallest absolute Gasteiger partial charge is 0.299 e. The van der Waals surface area contributed by atoms with Crippen LogP contribution < -0.4 is 18.5 Å². The van der Waals surface area contributed by atoms with E-state index in [-0.39, 0.29) is 17.5 Å². The first-order valence-electron chi connectivity index (χ1n) is 7.63. The van der Waals surface area contributed by atoms with Gasteiger partial charge in [-0.2, -0.15) is 13.1 Å². The molecule has 1 aliphatic heterocycles. The van der Waals surface area contributed by atoms with Gasteiger partial charge in [-0.3, -0.25) is 9.03 Å². The van der Waals surface area contributed by atoms with Crippen molar-refractivity contribution in [2.24, 2.45) is 0 Å². The fourth-order valence-corrected chi connectivity index (χ4v) is 5.27. The molecular formula is C14H23N3O5S2. The maximum absolute atomic E-state index is 12.2. The van der Waals surface area contributed by atoms with Crippen LogP contribution in [0.3, 0.4) is 0 Å². The van der Waals surface area contributed by atoms with Crippen LogP contribution in [0.15, 0.2) is 18.2 Å². The van der Waals surface area contributed by atoms with Gasteiger partial charge in [-0.1, -0.05) is 0 Å². The molecule has 8 nitrogen and oxygen atoms in total. The Balaban J connectivity index is 2.31. The Morgan fingerprint density at radius 1 is 1.25 bits per heavy atom. The third kappa shape index (κ3) is 4.52. The maximum atomic E-state index is 12.2. The van der Waals surface area contributed by atoms with Crippen molar-refractivity contribution >= 4 is 31.6 Å². The molecule has 0 amide bonds. The zero-order valence-electron chi connectivity index (χ0n) is 13.9. The van der Waals surface area contributed by atoms with Crippen molar-refractivity contribution < 1.29 is 21.6 Å². The first-order chi connectivity index (χ1) is 11.1. The standard InChI is InChI=1S/C14H23N3O5S2/c1-11(2)15-24(20,21)16-12-6-7-13(14(10-12)22-3)17-8-4-5-9-23(17,18)19/h6-7,10-11,15-16H,4-5,8-9H2,1-3H3. The minimum atomic E-state index is -3.71. The number of sulfonamides is 1. The minimum Gasteiger partial charge on any atom is -0.494 e. The van der Waals surface area contributed by atoms with Gasteiger partial charge in [0.05, 0.1) is 24.2 Å². The van der Waals surface area contributed by atoms with E-state index in [1.165, 1.54) is 23.5 Å². The lowest BCUT2D eigenvalue weighted by atomic mass is 10.2. The molecule has 0 aliphatic carbocycles. The van der Waals surface area contributed by atoms with Gasteiger partial charge in [-0.15, -0.1) is 0 Å². The zero-order chi connectivity index (χ0) is 18.0. The normalized spacial score (nSPS) is 17.8. The van der Waals surface area contributed by atoms with Crippen molar-refractivity contribution in [3.05, 3.63) is 18.2 Å². The molecule has 24 heavy (non-hydrogen) atoms. The zero-order valence-corrected chi connectivity index (χ0v) is 15.6. The summed E-state index contributed by atoms with van der Waals surface area (Å²) in [6, 6.07) is 4.29. The number of ether oxygens (including phenoxy) is 1. The monoisotopic (exact) mass is 377 g/mol. The molecule has 2 N–H and O–H groups in total. The highest BCUT2D eigenvalue weighted by Gasteiger charge is 2.28. The Bertz CT molecular complexity index is 791. The van der Waals surface area contributed by atoms with Crippen molar-refractivity contribution in [2.75, 3.05) is 28.4 Å². The molecule has 1 aromatic carbocycles. The van der Waals surface area contributed by atoms with Crippen LogP contribution in [0.25, 0.3) is 0 Å². The molecular weight excluding hydrogens is 354 g/mol. The molecule has 1 saturated heterocycles. The largest absolute Gasteiger partial charge is 0.494 e. The molecule has 1 aromatic rings. The summed E-state index contributed by atoms with van der Waals surface area (Å²) >= 11 is 0. The third-order valence-corrected chi connectivity index (χ3v) is 6.58. The van der Waals surface area contributed by atoms with E-state index in [1.807, 2.05) is 0 Å². The SMILES string of the molecule is COc1cc(NS(=O)(=O)NC(C)C)ccc1N1CCCCS1(=O)=O. The predicted molar refractivity (Wildman–Crippen MR) is 94.2 cm³/mol. The molecule has 1 fully saturated rings. The summed E-state index contributed by atoms with van der Waals surface area (Å²) < 4.78 is 59.7. The summed E-state index contributed by atoms with van der Waals surface area (Å²) in [5, 5.41) is 0. The molecule has 0 bridgehead atoms. The third-order valence-electron chi connectivity index (χ3n) is 3.44. The van der Waals surface area contributed by atoms with E-state index in [4.69, 9.17) is 4.74 Å². The summed E-state index contributed by atoms with van der Waals surface area (Å²) in [5.41, 5.74) is 0.704. The highest BCUT2D eigenvalue weighted by molar-refractivity contribution is 7.92. The number of methoxy groups -OCH3 is 1. The van der Waals surface area contributed by atoms with Crippen LogP contribution in [0.5, 0.6) is 5.75 Å². The van der Waals surface area contributed by atoms with E-state index in [9.17, 15) is 16.8 Å². The van der Waals surface area contributed by atoms with Crippen molar-refractivity contribution in [1.82, 2.24) is 4.72 Å². The first-order valence-corrected chi connectivity index (χ1v) is 10.7. The molecule has 136 valence electrons. The van der Waals surface area contributed by atoms with Crippen molar-refractivity contribution in [2.45, 2.75) is 32.7 Å². The molecule has 0 unspecified atom stereocenters. The fraction of sp³-hybridized carbons (Fsp3) is 0.571. The topological polar surface area (TPSA) is 105 Å². The average molecular weight is 377 g/mol. The van der Waals surface area contributed by atoms with Gasteiger partial charge in [-0.25, -0.2) is 8.42 Å². The lowest BCUT2D eigenvalue weighted by Gasteiger charge is -2.29. The van der Waals surface area contributed by atoms with Gasteiger partial charge >= 0.3 is 0 Å². The summed E-state index contributed by atoms with van der Waals surface area (Å²) in [5.74, 6) is 0.397. The van der Waals surface area contributed by atoms with Gasteiger partial charge in [0.15, 0.2) is 0 Å². The molecule has 0 atom stereocenters. The Kier molecular flexibility index (Phi) is 5.61. The quantitative estimate of drug-likeness (QED) is 0.777. The van der Waals surface area contributed by atoms with Crippen molar-refractivity contribution in [3.63, 3.8) is 0 Å². The first kappa shape index (κ1) is 18.8.